The Hall–Kier alpha value is -1.87. The molecule has 0 aromatic carbocycles. The standard InChI is InChI=1S/C14H19N7OS/c22-23-7-5-20(6-8-23)13-12-11(9-16-10-17-12)18-14(19-13)21-3-1-15-2-4-21/h9-10,15H,1-8H2. The average Bonchev–Trinajstić information content (AvgIpc) is 2.62. The molecular formula is C14H19N7OS. The summed E-state index contributed by atoms with van der Waals surface area (Å²) in [6, 6.07) is 0. The molecule has 0 aliphatic carbocycles. The molecule has 0 radical (unpaired) electrons. The van der Waals surface area contributed by atoms with Crippen molar-refractivity contribution in [2.24, 2.45) is 0 Å². The number of anilines is 2. The van der Waals surface area contributed by atoms with Crippen LogP contribution in [0.5, 0.6) is 0 Å². The number of nitrogens with one attached hydrogen (secondary N) is 1. The molecule has 2 aliphatic rings. The quantitative estimate of drug-likeness (QED) is 0.779. The first-order valence-electron chi connectivity index (χ1n) is 7.84. The lowest BCUT2D eigenvalue weighted by atomic mass is 10.3. The smallest absolute Gasteiger partial charge is 0.228 e. The normalized spacial score (nSPS) is 20.2. The van der Waals surface area contributed by atoms with E-state index >= 15 is 0 Å². The molecule has 122 valence electrons. The Bertz CT molecular complexity index is 724. The Labute approximate surface area is 136 Å². The molecule has 2 aromatic heterocycles. The van der Waals surface area contributed by atoms with Crippen LogP contribution in [0.15, 0.2) is 12.5 Å². The van der Waals surface area contributed by atoms with Crippen molar-refractivity contribution in [1.82, 2.24) is 25.3 Å². The van der Waals surface area contributed by atoms with E-state index in [0.29, 0.717) is 11.5 Å². The molecule has 1 N–H and O–H groups in total. The van der Waals surface area contributed by atoms with E-state index in [2.05, 4.69) is 30.1 Å². The number of rotatable bonds is 2. The molecule has 2 aromatic rings. The van der Waals surface area contributed by atoms with Gasteiger partial charge in [-0.05, 0) is 0 Å². The maximum atomic E-state index is 11.6. The van der Waals surface area contributed by atoms with Crippen molar-refractivity contribution in [3.8, 4) is 0 Å². The lowest BCUT2D eigenvalue weighted by Crippen LogP contribution is -2.44. The highest BCUT2D eigenvalue weighted by molar-refractivity contribution is 7.85. The topological polar surface area (TPSA) is 87.1 Å². The maximum Gasteiger partial charge on any atom is 0.228 e. The Kier molecular flexibility index (Phi) is 4.04. The molecule has 0 saturated carbocycles. The van der Waals surface area contributed by atoms with Gasteiger partial charge >= 0.3 is 0 Å². The fraction of sp³-hybridized carbons (Fsp3) is 0.571. The fourth-order valence-corrected chi connectivity index (χ4v) is 3.99. The molecule has 0 amide bonds. The van der Waals surface area contributed by atoms with Crippen molar-refractivity contribution in [2.45, 2.75) is 0 Å². The summed E-state index contributed by atoms with van der Waals surface area (Å²) in [4.78, 5) is 22.3. The second-order valence-corrected chi connectivity index (χ2v) is 7.37. The van der Waals surface area contributed by atoms with E-state index in [4.69, 9.17) is 4.98 Å². The Morgan fingerprint density at radius 3 is 2.61 bits per heavy atom. The summed E-state index contributed by atoms with van der Waals surface area (Å²) in [7, 11) is -0.715. The van der Waals surface area contributed by atoms with Gasteiger partial charge in [-0.3, -0.25) is 4.21 Å². The Morgan fingerprint density at radius 1 is 1.04 bits per heavy atom. The predicted octanol–water partition coefficient (Wildman–Crippen LogP) is -0.602. The molecule has 2 fully saturated rings. The van der Waals surface area contributed by atoms with Crippen LogP contribution >= 0.6 is 0 Å². The highest BCUT2D eigenvalue weighted by Crippen LogP contribution is 2.25. The van der Waals surface area contributed by atoms with Crippen LogP contribution in [0.2, 0.25) is 0 Å². The van der Waals surface area contributed by atoms with Crippen molar-refractivity contribution in [3.63, 3.8) is 0 Å². The maximum absolute atomic E-state index is 11.6. The van der Waals surface area contributed by atoms with Gasteiger partial charge in [-0.15, -0.1) is 0 Å². The zero-order valence-corrected chi connectivity index (χ0v) is 13.6. The molecule has 0 bridgehead atoms. The van der Waals surface area contributed by atoms with Crippen molar-refractivity contribution in [2.75, 3.05) is 60.6 Å². The molecule has 8 nitrogen and oxygen atoms in total. The highest BCUT2D eigenvalue weighted by Gasteiger charge is 2.22. The fourth-order valence-electron chi connectivity index (χ4n) is 2.93. The Morgan fingerprint density at radius 2 is 1.83 bits per heavy atom. The van der Waals surface area contributed by atoms with Gasteiger partial charge in [0.1, 0.15) is 17.4 Å². The van der Waals surface area contributed by atoms with Gasteiger partial charge in [-0.1, -0.05) is 0 Å². The predicted molar refractivity (Wildman–Crippen MR) is 90.3 cm³/mol. The van der Waals surface area contributed by atoms with E-state index in [-0.39, 0.29) is 0 Å². The first-order chi connectivity index (χ1) is 11.3. The zero-order chi connectivity index (χ0) is 15.6. The van der Waals surface area contributed by atoms with Crippen molar-refractivity contribution in [3.05, 3.63) is 12.5 Å². The van der Waals surface area contributed by atoms with Gasteiger partial charge in [-0.2, -0.15) is 4.98 Å². The summed E-state index contributed by atoms with van der Waals surface area (Å²) >= 11 is 0. The third-order valence-electron chi connectivity index (χ3n) is 4.21. The molecular weight excluding hydrogens is 314 g/mol. The van der Waals surface area contributed by atoms with E-state index in [1.54, 1.807) is 6.20 Å². The summed E-state index contributed by atoms with van der Waals surface area (Å²) in [5.74, 6) is 2.93. The molecule has 0 spiro atoms. The van der Waals surface area contributed by atoms with Crippen LogP contribution in [0.3, 0.4) is 0 Å². The molecule has 23 heavy (non-hydrogen) atoms. The minimum absolute atomic E-state index is 0.680. The molecule has 0 unspecified atom stereocenters. The average molecular weight is 333 g/mol. The summed E-state index contributed by atoms with van der Waals surface area (Å²) < 4.78 is 11.6. The number of hydrogen-bond acceptors (Lipinski definition) is 8. The van der Waals surface area contributed by atoms with Crippen molar-refractivity contribution in [1.29, 1.82) is 0 Å². The van der Waals surface area contributed by atoms with Crippen LogP contribution < -0.4 is 15.1 Å². The third kappa shape index (κ3) is 2.98. The number of fused-ring (bicyclic) bond motifs is 1. The van der Waals surface area contributed by atoms with Gasteiger partial charge in [0.05, 0.1) is 6.20 Å². The summed E-state index contributed by atoms with van der Waals surface area (Å²) in [6.07, 6.45) is 3.27. The number of aromatic nitrogens is 4. The van der Waals surface area contributed by atoms with Crippen LogP contribution in [0.25, 0.3) is 11.0 Å². The summed E-state index contributed by atoms with van der Waals surface area (Å²) in [5, 5.41) is 3.34. The van der Waals surface area contributed by atoms with Crippen LogP contribution in [-0.4, -0.2) is 74.9 Å². The van der Waals surface area contributed by atoms with E-state index in [9.17, 15) is 4.21 Å². The number of hydrogen-bond donors (Lipinski definition) is 1. The van der Waals surface area contributed by atoms with Gasteiger partial charge in [-0.25, -0.2) is 15.0 Å². The second-order valence-electron chi connectivity index (χ2n) is 5.68. The molecule has 2 saturated heterocycles. The van der Waals surface area contributed by atoms with E-state index in [0.717, 1.165) is 62.1 Å². The minimum atomic E-state index is -0.715. The number of nitrogens with zero attached hydrogens (tertiary/aromatic N) is 6. The molecule has 4 rings (SSSR count). The van der Waals surface area contributed by atoms with Crippen molar-refractivity contribution >= 4 is 33.6 Å². The van der Waals surface area contributed by atoms with Crippen LogP contribution in [0.4, 0.5) is 11.8 Å². The highest BCUT2D eigenvalue weighted by atomic mass is 32.2. The molecule has 9 heteroatoms. The lowest BCUT2D eigenvalue weighted by molar-refractivity contribution is 0.580. The largest absolute Gasteiger partial charge is 0.353 e. The Balaban J connectivity index is 1.75. The van der Waals surface area contributed by atoms with Gasteiger partial charge in [0, 0.05) is 61.6 Å². The van der Waals surface area contributed by atoms with E-state index in [1.165, 1.54) is 6.33 Å². The summed E-state index contributed by atoms with van der Waals surface area (Å²) in [5.41, 5.74) is 1.53. The van der Waals surface area contributed by atoms with Gasteiger partial charge in [0.2, 0.25) is 5.95 Å². The van der Waals surface area contributed by atoms with Crippen LogP contribution in [0, 0.1) is 0 Å². The monoisotopic (exact) mass is 333 g/mol. The van der Waals surface area contributed by atoms with Gasteiger partial charge < -0.3 is 15.1 Å². The first-order valence-corrected chi connectivity index (χ1v) is 9.33. The second kappa shape index (κ2) is 6.32. The van der Waals surface area contributed by atoms with Crippen molar-refractivity contribution < 1.29 is 4.21 Å². The van der Waals surface area contributed by atoms with Gasteiger partial charge in [0.15, 0.2) is 5.82 Å². The molecule has 2 aliphatic heterocycles. The lowest BCUT2D eigenvalue weighted by Gasteiger charge is -2.31. The molecule has 0 atom stereocenters. The SMILES string of the molecule is O=S1CCN(c2nc(N3CCNCC3)nc3cncnc23)CC1. The number of piperazine rings is 1. The summed E-state index contributed by atoms with van der Waals surface area (Å²) in [6.45, 7) is 5.13. The molecule has 4 heterocycles. The minimum Gasteiger partial charge on any atom is -0.353 e. The van der Waals surface area contributed by atoms with Crippen LogP contribution in [-0.2, 0) is 10.8 Å². The van der Waals surface area contributed by atoms with Gasteiger partial charge in [0.25, 0.3) is 0 Å². The third-order valence-corrected chi connectivity index (χ3v) is 5.48. The van der Waals surface area contributed by atoms with E-state index in [1.807, 2.05) is 0 Å². The first kappa shape index (κ1) is 14.7. The van der Waals surface area contributed by atoms with E-state index < -0.39 is 10.8 Å². The van der Waals surface area contributed by atoms with Crippen LogP contribution in [0.1, 0.15) is 0 Å². The zero-order valence-electron chi connectivity index (χ0n) is 12.8.